The number of carbonyl (C=O) groups excluding carboxylic acids is 2. The summed E-state index contributed by atoms with van der Waals surface area (Å²) in [6.45, 7) is 8.89. The zero-order chi connectivity index (χ0) is 39.7. The van der Waals surface area contributed by atoms with E-state index in [1.165, 1.54) is 44.5 Å². The molecule has 2 aliphatic rings. The van der Waals surface area contributed by atoms with Crippen LogP contribution in [0.2, 0.25) is 0 Å². The number of fused-ring (bicyclic) bond motifs is 2. The molecule has 2 unspecified atom stereocenters. The average molecular weight is 868 g/mol. The molecule has 0 aromatic heterocycles. The van der Waals surface area contributed by atoms with Crippen molar-refractivity contribution in [3.8, 4) is 22.3 Å². The van der Waals surface area contributed by atoms with Gasteiger partial charge in [-0.05, 0) is 0 Å². The first-order valence-corrected chi connectivity index (χ1v) is 31.7. The Bertz CT molecular complexity index is 1950. The number of halogens is 2. The van der Waals surface area contributed by atoms with Gasteiger partial charge in [-0.25, -0.2) is 0 Å². The maximum atomic E-state index is 12.7. The maximum absolute atomic E-state index is 12.7. The van der Waals surface area contributed by atoms with Crippen molar-refractivity contribution >= 4 is 46.5 Å². The predicted octanol–water partition coefficient (Wildman–Crippen LogP) is 13.1. The van der Waals surface area contributed by atoms with Gasteiger partial charge in [0, 0.05) is 0 Å². The summed E-state index contributed by atoms with van der Waals surface area (Å²) in [6.07, 6.45) is 18.2. The summed E-state index contributed by atoms with van der Waals surface area (Å²) in [5.41, 5.74) is 14.4. The van der Waals surface area contributed by atoms with Crippen LogP contribution < -0.4 is 10.5 Å². The van der Waals surface area contributed by atoms with Gasteiger partial charge < -0.3 is 0 Å². The van der Waals surface area contributed by atoms with Gasteiger partial charge >= 0.3 is 346 Å². The number of allylic oxidation sites excluding steroid dienone is 2. The Morgan fingerprint density at radius 3 is 1.30 bits per heavy atom. The summed E-state index contributed by atoms with van der Waals surface area (Å²) >= 11 is -5.89. The minimum absolute atomic E-state index is 0.365. The Labute approximate surface area is 344 Å². The topological polar surface area (TPSA) is 58.2 Å². The van der Waals surface area contributed by atoms with Crippen molar-refractivity contribution in [1.82, 2.24) is 10.5 Å². The van der Waals surface area contributed by atoms with Crippen molar-refractivity contribution in [2.45, 2.75) is 112 Å². The van der Waals surface area contributed by atoms with Gasteiger partial charge in [0.15, 0.2) is 0 Å². The van der Waals surface area contributed by atoms with Gasteiger partial charge in [0.25, 0.3) is 0 Å². The van der Waals surface area contributed by atoms with Gasteiger partial charge in [-0.15, -0.1) is 0 Å². The molecule has 293 valence electrons. The van der Waals surface area contributed by atoms with Gasteiger partial charge in [0.1, 0.15) is 0 Å². The second-order valence-electron chi connectivity index (χ2n) is 15.9. The predicted molar refractivity (Wildman–Crippen MR) is 237 cm³/mol. The van der Waals surface area contributed by atoms with Crippen LogP contribution in [0.3, 0.4) is 0 Å². The third-order valence-corrected chi connectivity index (χ3v) is 32.3. The normalized spacial score (nSPS) is 16.6. The van der Waals surface area contributed by atoms with E-state index >= 15 is 0 Å². The van der Waals surface area contributed by atoms with Crippen molar-refractivity contribution in [3.05, 3.63) is 129 Å². The third kappa shape index (κ3) is 8.10. The number of hydrogen-bond donors (Lipinski definition) is 2. The van der Waals surface area contributed by atoms with E-state index in [9.17, 15) is 9.59 Å². The molecule has 0 radical (unpaired) electrons. The van der Waals surface area contributed by atoms with E-state index in [4.69, 9.17) is 17.0 Å². The number of carbonyl (C=O) groups is 2. The number of rotatable bonds is 21. The van der Waals surface area contributed by atoms with Crippen molar-refractivity contribution in [1.29, 1.82) is 0 Å². The molecule has 0 aliphatic heterocycles. The summed E-state index contributed by atoms with van der Waals surface area (Å²) < 4.78 is -1.66. The first kappa shape index (κ1) is 42.4. The van der Waals surface area contributed by atoms with Crippen LogP contribution in [0.1, 0.15) is 133 Å². The molecule has 0 heterocycles. The molecule has 0 spiro atoms. The molecule has 2 aliphatic carbocycles. The minimum atomic E-state index is -5.89. The Balaban J connectivity index is 1.65. The van der Waals surface area contributed by atoms with Gasteiger partial charge in [-0.1, -0.05) is 0 Å². The molecule has 2 N–H and O–H groups in total. The number of unbranched alkanes of at least 4 members (excludes halogenated alkanes) is 4. The van der Waals surface area contributed by atoms with Crippen LogP contribution in [0.25, 0.3) is 34.4 Å². The quantitative estimate of drug-likeness (QED) is 0.0647. The monoisotopic (exact) mass is 865 g/mol. The summed E-state index contributed by atoms with van der Waals surface area (Å²) in [5, 5.41) is 6.08. The van der Waals surface area contributed by atoms with Gasteiger partial charge in [-0.3, -0.25) is 0 Å². The summed E-state index contributed by atoms with van der Waals surface area (Å²) in [4.78, 5) is 25.3. The van der Waals surface area contributed by atoms with Crippen LogP contribution in [-0.4, -0.2) is 17.3 Å². The Kier molecular flexibility index (Phi) is 14.4. The molecule has 4 aromatic rings. The Morgan fingerprint density at radius 1 is 0.536 bits per heavy atom. The van der Waals surface area contributed by atoms with Crippen LogP contribution in [0.5, 0.6) is 0 Å². The van der Waals surface area contributed by atoms with Crippen molar-refractivity contribution in [2.75, 3.05) is 0 Å². The van der Waals surface area contributed by atoms with E-state index in [-0.39, 0.29) is 7.25 Å². The fourth-order valence-corrected chi connectivity index (χ4v) is 30.3. The molecule has 4 aromatic carbocycles. The van der Waals surface area contributed by atoms with E-state index in [0.717, 1.165) is 99.3 Å². The van der Waals surface area contributed by atoms with Gasteiger partial charge in [0.05, 0.1) is 0 Å². The molecular formula is C48H58BCl2N2O2Zr. The van der Waals surface area contributed by atoms with Crippen LogP contribution in [-0.2, 0) is 38.6 Å². The first-order valence-electron chi connectivity index (χ1n) is 21.1. The molecule has 0 bridgehead atoms. The molecule has 2 amide bonds. The fourth-order valence-electron chi connectivity index (χ4n) is 9.64. The van der Waals surface area contributed by atoms with Gasteiger partial charge in [-0.2, -0.15) is 0 Å². The third-order valence-electron chi connectivity index (χ3n) is 12.3. The Hall–Kier alpha value is -3.17. The number of hydrogen-bond acceptors (Lipinski definition) is 2. The molecule has 2 atom stereocenters. The zero-order valence-electron chi connectivity index (χ0n) is 33.7. The molecular weight excluding hydrogens is 809 g/mol. The first-order chi connectivity index (χ1) is 27.3. The van der Waals surface area contributed by atoms with E-state index < -0.39 is 20.7 Å². The van der Waals surface area contributed by atoms with E-state index in [2.05, 4.69) is 135 Å². The van der Waals surface area contributed by atoms with E-state index in [0.29, 0.717) is 12.8 Å². The SMILES string of the molecule is CCCCC1=Cc2c(-c3ccccc3CCCC)cccc2[CH]1[Zr]([Cl])([Cl])([B](NC=O)NC=O)[CH]1C(CCCC)=Cc2c(-c3ccccc3CCCC)cccc21. The van der Waals surface area contributed by atoms with Crippen LogP contribution in [0.15, 0.2) is 96.1 Å². The zero-order valence-corrected chi connectivity index (χ0v) is 37.7. The number of nitrogens with one attached hydrogen (secondary N) is 2. The molecule has 6 rings (SSSR count). The van der Waals surface area contributed by atoms with Crippen LogP contribution in [0, 0.1) is 0 Å². The summed E-state index contributed by atoms with van der Waals surface area (Å²) in [6, 6.07) is 30.7. The van der Waals surface area contributed by atoms with Crippen LogP contribution >= 0.6 is 17.0 Å². The molecule has 8 heteroatoms. The van der Waals surface area contributed by atoms with Crippen molar-refractivity contribution in [2.24, 2.45) is 0 Å². The van der Waals surface area contributed by atoms with E-state index in [1.54, 1.807) is 0 Å². The fraction of sp³-hybridized carbons (Fsp3) is 0.375. The number of aryl methyl sites for hydroxylation is 2. The molecule has 0 saturated carbocycles. The molecule has 56 heavy (non-hydrogen) atoms. The molecule has 4 nitrogen and oxygen atoms in total. The average Bonchev–Trinajstić information content (AvgIpc) is 3.81. The molecule has 0 saturated heterocycles. The molecule has 0 fully saturated rings. The standard InChI is InChI=1S/2C23H27.C2H3BN2O2.2ClH.Zr/c2*1-3-5-10-18-16-20-13-9-15-22(23(20)17-18)21-14-8-7-12-19(21)11-6-4-2;6-1-4-3-5-2-7;;;/h2*7-9,12-17H,3-6,10-11H2,1-2H3;1-2H,(H-,4,5,6,7);2*1H;/q;;;;;+1/p-1. The van der Waals surface area contributed by atoms with Crippen molar-refractivity contribution < 1.29 is 25.8 Å². The van der Waals surface area contributed by atoms with E-state index in [1.807, 2.05) is 0 Å². The second-order valence-corrected chi connectivity index (χ2v) is 37.3. The summed E-state index contributed by atoms with van der Waals surface area (Å²) in [7, 11) is 17.6. The van der Waals surface area contributed by atoms with Gasteiger partial charge in [0.2, 0.25) is 0 Å². The number of benzene rings is 4. The van der Waals surface area contributed by atoms with Crippen molar-refractivity contribution in [3.63, 3.8) is 0 Å². The van der Waals surface area contributed by atoms with Crippen LogP contribution in [0.4, 0.5) is 0 Å². The number of amides is 2. The second kappa shape index (κ2) is 19.1. The Morgan fingerprint density at radius 2 is 0.911 bits per heavy atom. The summed E-state index contributed by atoms with van der Waals surface area (Å²) in [5.74, 6) is 0.